The zero-order valence-electron chi connectivity index (χ0n) is 6.53. The Labute approximate surface area is 68.6 Å². The molecule has 12 heavy (non-hydrogen) atoms. The maximum Gasteiger partial charge on any atom is 0.182 e. The number of hydrogen-bond donors (Lipinski definition) is 1. The molecule has 0 amide bonds. The Balaban J connectivity index is 2.79. The summed E-state index contributed by atoms with van der Waals surface area (Å²) in [5, 5.41) is 6.59. The van der Waals surface area contributed by atoms with Gasteiger partial charge in [-0.15, -0.1) is 0 Å². The van der Waals surface area contributed by atoms with E-state index in [1.807, 2.05) is 6.07 Å². The Morgan fingerprint density at radius 2 is 2.42 bits per heavy atom. The molecule has 4 nitrogen and oxygen atoms in total. The van der Waals surface area contributed by atoms with E-state index in [0.717, 1.165) is 5.52 Å². The fourth-order valence-corrected chi connectivity index (χ4v) is 1.10. The first-order valence-electron chi connectivity index (χ1n) is 3.59. The van der Waals surface area contributed by atoms with Crippen LogP contribution >= 0.6 is 0 Å². The number of fused-ring (bicyclic) bond motifs is 1. The van der Waals surface area contributed by atoms with Gasteiger partial charge in [-0.1, -0.05) is 0 Å². The van der Waals surface area contributed by atoms with Crippen LogP contribution in [0.2, 0.25) is 0 Å². The normalized spacial score (nSPS) is 10.4. The third-order valence-electron chi connectivity index (χ3n) is 1.65. The molecular weight excluding hydrogens is 154 g/mol. The average Bonchev–Trinajstić information content (AvgIpc) is 2.47. The fraction of sp³-hybridized carbons (Fsp3) is 0.125. The molecular formula is C8H7N3O. The smallest absolute Gasteiger partial charge is 0.182 e. The van der Waals surface area contributed by atoms with Crippen molar-refractivity contribution in [2.45, 2.75) is 6.92 Å². The van der Waals surface area contributed by atoms with Crippen molar-refractivity contribution >= 4 is 16.8 Å². The number of pyridine rings is 1. The first kappa shape index (κ1) is 6.97. The lowest BCUT2D eigenvalue weighted by atomic mass is 10.2. The second kappa shape index (κ2) is 2.41. The summed E-state index contributed by atoms with van der Waals surface area (Å²) in [6.07, 6.45) is 1.64. The molecule has 0 saturated carbocycles. The summed E-state index contributed by atoms with van der Waals surface area (Å²) in [6.45, 7) is 1.48. The molecule has 60 valence electrons. The van der Waals surface area contributed by atoms with Crippen molar-refractivity contribution in [3.8, 4) is 0 Å². The molecule has 1 N–H and O–H groups in total. The molecule has 2 heterocycles. The molecule has 0 aliphatic heterocycles. The van der Waals surface area contributed by atoms with E-state index in [9.17, 15) is 4.79 Å². The minimum absolute atomic E-state index is 0.0695. The van der Waals surface area contributed by atoms with E-state index in [1.54, 1.807) is 12.3 Å². The Bertz CT molecular complexity index is 433. The minimum Gasteiger partial charge on any atom is -0.293 e. The molecule has 4 heteroatoms. The maximum absolute atomic E-state index is 11.0. The summed E-state index contributed by atoms with van der Waals surface area (Å²) >= 11 is 0. The van der Waals surface area contributed by atoms with Crippen molar-refractivity contribution in [3.63, 3.8) is 0 Å². The molecule has 0 bridgehead atoms. The largest absolute Gasteiger partial charge is 0.293 e. The zero-order valence-corrected chi connectivity index (χ0v) is 6.53. The third-order valence-corrected chi connectivity index (χ3v) is 1.65. The van der Waals surface area contributed by atoms with Gasteiger partial charge in [0.05, 0.1) is 5.52 Å². The fourth-order valence-electron chi connectivity index (χ4n) is 1.10. The van der Waals surface area contributed by atoms with Crippen LogP contribution in [-0.4, -0.2) is 21.0 Å². The molecule has 0 aliphatic rings. The predicted octanol–water partition coefficient (Wildman–Crippen LogP) is 1.16. The van der Waals surface area contributed by atoms with Crippen LogP contribution < -0.4 is 0 Å². The average molecular weight is 161 g/mol. The van der Waals surface area contributed by atoms with Crippen LogP contribution in [0.5, 0.6) is 0 Å². The van der Waals surface area contributed by atoms with E-state index in [4.69, 9.17) is 0 Å². The lowest BCUT2D eigenvalue weighted by molar-refractivity contribution is 0.101. The Morgan fingerprint density at radius 1 is 1.58 bits per heavy atom. The lowest BCUT2D eigenvalue weighted by Crippen LogP contribution is -1.93. The molecule has 0 spiro atoms. The first-order chi connectivity index (χ1) is 5.79. The number of hydrogen-bond acceptors (Lipinski definition) is 3. The van der Waals surface area contributed by atoms with Gasteiger partial charge < -0.3 is 0 Å². The second-order valence-electron chi connectivity index (χ2n) is 2.53. The van der Waals surface area contributed by atoms with Crippen molar-refractivity contribution in [2.75, 3.05) is 0 Å². The SMILES string of the molecule is CC(=O)c1n[nH]c2cccnc12. The summed E-state index contributed by atoms with van der Waals surface area (Å²) in [5.74, 6) is -0.0695. The molecule has 0 saturated heterocycles. The van der Waals surface area contributed by atoms with Crippen LogP contribution in [-0.2, 0) is 0 Å². The van der Waals surface area contributed by atoms with E-state index in [1.165, 1.54) is 6.92 Å². The maximum atomic E-state index is 11.0. The highest BCUT2D eigenvalue weighted by atomic mass is 16.1. The summed E-state index contributed by atoms with van der Waals surface area (Å²) in [4.78, 5) is 15.0. The van der Waals surface area contributed by atoms with Gasteiger partial charge in [0, 0.05) is 13.1 Å². The number of aromatic nitrogens is 3. The standard InChI is InChI=1S/C8H7N3O/c1-5(12)7-8-6(10-11-7)3-2-4-9-8/h2-4H,1H3,(H,10,11). The molecule has 0 fully saturated rings. The zero-order chi connectivity index (χ0) is 8.55. The predicted molar refractivity (Wildman–Crippen MR) is 43.9 cm³/mol. The molecule has 0 aliphatic carbocycles. The monoisotopic (exact) mass is 161 g/mol. The van der Waals surface area contributed by atoms with Gasteiger partial charge in [0.25, 0.3) is 0 Å². The van der Waals surface area contributed by atoms with E-state index in [2.05, 4.69) is 15.2 Å². The number of nitrogens with one attached hydrogen (secondary N) is 1. The van der Waals surface area contributed by atoms with Gasteiger partial charge in [-0.2, -0.15) is 5.10 Å². The molecule has 0 unspecified atom stereocenters. The molecule has 0 atom stereocenters. The highest BCUT2D eigenvalue weighted by molar-refractivity contribution is 6.02. The van der Waals surface area contributed by atoms with Crippen molar-refractivity contribution in [1.82, 2.24) is 15.2 Å². The molecule has 2 aromatic heterocycles. The van der Waals surface area contributed by atoms with E-state index < -0.39 is 0 Å². The minimum atomic E-state index is -0.0695. The van der Waals surface area contributed by atoms with Gasteiger partial charge in [0.15, 0.2) is 11.5 Å². The topological polar surface area (TPSA) is 58.6 Å². The van der Waals surface area contributed by atoms with E-state index >= 15 is 0 Å². The van der Waals surface area contributed by atoms with Crippen molar-refractivity contribution in [1.29, 1.82) is 0 Å². The summed E-state index contributed by atoms with van der Waals surface area (Å²) in [7, 11) is 0. The van der Waals surface area contributed by atoms with Gasteiger partial charge in [-0.3, -0.25) is 14.9 Å². The Hall–Kier alpha value is -1.71. The van der Waals surface area contributed by atoms with E-state index in [0.29, 0.717) is 11.2 Å². The number of H-pyrrole nitrogens is 1. The van der Waals surface area contributed by atoms with Crippen LogP contribution in [0.3, 0.4) is 0 Å². The number of carbonyl (C=O) groups is 1. The number of carbonyl (C=O) groups excluding carboxylic acids is 1. The van der Waals surface area contributed by atoms with Crippen LogP contribution in [0, 0.1) is 0 Å². The lowest BCUT2D eigenvalue weighted by Gasteiger charge is -1.87. The van der Waals surface area contributed by atoms with Gasteiger partial charge in [0.1, 0.15) is 5.52 Å². The van der Waals surface area contributed by atoms with Gasteiger partial charge in [-0.05, 0) is 12.1 Å². The van der Waals surface area contributed by atoms with Crippen molar-refractivity contribution in [2.24, 2.45) is 0 Å². The molecule has 0 radical (unpaired) electrons. The number of rotatable bonds is 1. The van der Waals surface area contributed by atoms with Gasteiger partial charge >= 0.3 is 0 Å². The Kier molecular flexibility index (Phi) is 1.40. The Morgan fingerprint density at radius 3 is 3.17 bits per heavy atom. The van der Waals surface area contributed by atoms with Crippen molar-refractivity contribution < 1.29 is 4.79 Å². The highest BCUT2D eigenvalue weighted by Crippen LogP contribution is 2.11. The third kappa shape index (κ3) is 0.887. The molecule has 2 rings (SSSR count). The summed E-state index contributed by atoms with van der Waals surface area (Å²) in [6, 6.07) is 3.63. The number of Topliss-reactive ketones (excluding diaryl/α,β-unsaturated/α-hetero) is 1. The number of aromatic amines is 1. The highest BCUT2D eigenvalue weighted by Gasteiger charge is 2.09. The van der Waals surface area contributed by atoms with Crippen LogP contribution in [0.25, 0.3) is 11.0 Å². The van der Waals surface area contributed by atoms with Crippen molar-refractivity contribution in [3.05, 3.63) is 24.0 Å². The number of ketones is 1. The first-order valence-corrected chi connectivity index (χ1v) is 3.59. The number of nitrogens with zero attached hydrogens (tertiary/aromatic N) is 2. The van der Waals surface area contributed by atoms with Crippen LogP contribution in [0.4, 0.5) is 0 Å². The van der Waals surface area contributed by atoms with Gasteiger partial charge in [-0.25, -0.2) is 0 Å². The summed E-state index contributed by atoms with van der Waals surface area (Å²) in [5.41, 5.74) is 1.85. The summed E-state index contributed by atoms with van der Waals surface area (Å²) < 4.78 is 0. The molecule has 0 aromatic carbocycles. The van der Waals surface area contributed by atoms with E-state index in [-0.39, 0.29) is 5.78 Å². The quantitative estimate of drug-likeness (QED) is 0.638. The van der Waals surface area contributed by atoms with Gasteiger partial charge in [0.2, 0.25) is 0 Å². The second-order valence-corrected chi connectivity index (χ2v) is 2.53. The van der Waals surface area contributed by atoms with Crippen LogP contribution in [0.15, 0.2) is 18.3 Å². The van der Waals surface area contributed by atoms with Crippen LogP contribution in [0.1, 0.15) is 17.4 Å². The molecule has 2 aromatic rings.